The number of hydrogen-bond acceptors (Lipinski definition) is 9. The van der Waals surface area contributed by atoms with Crippen LogP contribution in [0.1, 0.15) is 86.7 Å². The largest absolute Gasteiger partial charge is 0.343 e. The summed E-state index contributed by atoms with van der Waals surface area (Å²) in [6.07, 6.45) is 1.67. The predicted octanol–water partition coefficient (Wildman–Crippen LogP) is 4.87. The lowest BCUT2D eigenvalue weighted by Crippen LogP contribution is -2.55. The van der Waals surface area contributed by atoms with Gasteiger partial charge < -0.3 is 36.4 Å². The molecule has 6 N–H and O–H groups in total. The van der Waals surface area contributed by atoms with Crippen molar-refractivity contribution >= 4 is 29.5 Å². The summed E-state index contributed by atoms with van der Waals surface area (Å²) >= 11 is 0. The summed E-state index contributed by atoms with van der Waals surface area (Å²) in [5, 5.41) is 14.8. The number of carbonyl (C=O) groups excluding carboxylic acids is 5. The number of likely N-dealkylation sites (N-methyl/N-ethyl adjacent to an activating group) is 2. The van der Waals surface area contributed by atoms with Crippen molar-refractivity contribution in [2.75, 3.05) is 27.2 Å². The highest BCUT2D eigenvalue weighted by Crippen LogP contribution is 2.44. The monoisotopic (exact) mass is 906 g/mol. The average molecular weight is 907 g/mol. The summed E-state index contributed by atoms with van der Waals surface area (Å²) in [4.78, 5) is 79.0. The number of carbonyl (C=O) groups is 5. The van der Waals surface area contributed by atoms with Gasteiger partial charge in [-0.2, -0.15) is 5.48 Å². The molecule has 2 fully saturated rings. The Labute approximate surface area is 393 Å². The Kier molecular flexibility index (Phi) is 16.0. The number of hydroxylamine groups is 1. The van der Waals surface area contributed by atoms with E-state index >= 15 is 0 Å². The first-order valence-corrected chi connectivity index (χ1v) is 23.2. The smallest absolute Gasteiger partial charge is 0.248 e. The normalized spacial score (nSPS) is 18.6. The SMILES string of the molecule is C=C.CN[C@@H](C)C(=O)N[C@@H](CC#CC[C@H](NC(=O)[C@H](C)NC)C(=O)N1CCC[C@H]1C(=O)NC1c2ccccc2-c2ccccc21)C(=O)N1CCCC1ONC1c2ccccc2-c2ccccc21. The first kappa shape index (κ1) is 48.3. The molecule has 2 saturated heterocycles. The molecular formula is C53H62N8O6. The molecule has 0 radical (unpaired) electrons. The van der Waals surface area contributed by atoms with Crippen molar-refractivity contribution in [1.29, 1.82) is 0 Å². The van der Waals surface area contributed by atoms with Crippen LogP contribution in [0.3, 0.4) is 0 Å². The highest BCUT2D eigenvalue weighted by molar-refractivity contribution is 5.94. The summed E-state index contributed by atoms with van der Waals surface area (Å²) in [5.41, 5.74) is 11.8. The molecule has 14 heteroatoms. The van der Waals surface area contributed by atoms with Crippen LogP contribution in [-0.4, -0.2) is 103 Å². The molecule has 2 aliphatic heterocycles. The molecule has 8 rings (SSSR count). The van der Waals surface area contributed by atoms with E-state index in [9.17, 15) is 24.0 Å². The first-order chi connectivity index (χ1) is 32.6. The third-order valence-corrected chi connectivity index (χ3v) is 13.2. The van der Waals surface area contributed by atoms with Crippen molar-refractivity contribution in [3.05, 3.63) is 132 Å². The number of hydrogen-bond donors (Lipinski definition) is 6. The molecular weight excluding hydrogens is 845 g/mol. The van der Waals surface area contributed by atoms with Crippen molar-refractivity contribution in [3.8, 4) is 34.1 Å². The Hall–Kier alpha value is -6.63. The van der Waals surface area contributed by atoms with Crippen LogP contribution in [-0.2, 0) is 28.8 Å². The molecule has 1 unspecified atom stereocenters. The quantitative estimate of drug-likeness (QED) is 0.0553. The number of nitrogens with one attached hydrogen (secondary N) is 6. The Balaban J connectivity index is 0.00000329. The molecule has 0 spiro atoms. The molecule has 67 heavy (non-hydrogen) atoms. The summed E-state index contributed by atoms with van der Waals surface area (Å²) in [7, 11) is 3.32. The van der Waals surface area contributed by atoms with E-state index in [2.05, 4.69) is 81.3 Å². The van der Waals surface area contributed by atoms with Crippen molar-refractivity contribution in [3.63, 3.8) is 0 Å². The summed E-state index contributed by atoms with van der Waals surface area (Å²) in [5.74, 6) is 4.31. The van der Waals surface area contributed by atoms with Gasteiger partial charge in [0.15, 0.2) is 6.23 Å². The van der Waals surface area contributed by atoms with E-state index < -0.39 is 48.3 Å². The maximum Gasteiger partial charge on any atom is 0.248 e. The van der Waals surface area contributed by atoms with Crippen molar-refractivity contribution in [1.82, 2.24) is 41.9 Å². The Morgan fingerprint density at radius 3 is 1.48 bits per heavy atom. The number of rotatable bonds is 15. The zero-order valence-electron chi connectivity index (χ0n) is 38.8. The maximum absolute atomic E-state index is 14.4. The Morgan fingerprint density at radius 1 is 0.612 bits per heavy atom. The lowest BCUT2D eigenvalue weighted by Gasteiger charge is -2.30. The summed E-state index contributed by atoms with van der Waals surface area (Å²) in [6.45, 7) is 10.2. The fourth-order valence-corrected chi connectivity index (χ4v) is 9.40. The van der Waals surface area contributed by atoms with Crippen LogP contribution >= 0.6 is 0 Å². The third-order valence-electron chi connectivity index (χ3n) is 13.2. The topological polar surface area (TPSA) is 173 Å². The molecule has 0 bridgehead atoms. The van der Waals surface area contributed by atoms with Gasteiger partial charge in [-0.25, -0.2) is 0 Å². The van der Waals surface area contributed by atoms with Crippen LogP contribution in [0.5, 0.6) is 0 Å². The molecule has 2 aliphatic carbocycles. The van der Waals surface area contributed by atoms with E-state index in [1.807, 2.05) is 72.8 Å². The molecule has 4 aliphatic rings. The van der Waals surface area contributed by atoms with Crippen LogP contribution in [0, 0.1) is 11.8 Å². The third kappa shape index (κ3) is 10.4. The van der Waals surface area contributed by atoms with Gasteiger partial charge in [0.25, 0.3) is 0 Å². The highest BCUT2D eigenvalue weighted by Gasteiger charge is 2.41. The molecule has 350 valence electrons. The van der Waals surface area contributed by atoms with Gasteiger partial charge in [0, 0.05) is 25.9 Å². The van der Waals surface area contributed by atoms with Crippen molar-refractivity contribution in [2.45, 2.75) is 101 Å². The standard InChI is InChI=1S/C51H58N8O6.C2H4/c1-31(52-3)47(60)54-41(50(63)58-29-15-27-43(58)49(62)56-45-37-21-9-5-17-33(37)34-18-6-10-22-38(34)45)25-13-14-26-42(55-48(61)32(2)53-4)51(64)59-30-16-28-44(59)65-57-46-39-23-11-7-19-35(39)36-20-8-12-24-40(36)46;1-2/h5-12,17-24,31-32,41-46,52-53,57H,15-16,25-30H2,1-4H3,(H,54,60)(H,55,61)(H,56,62);1-2H2/t31-,32-,41-,42-,43-,44?;/m0./s1. The van der Waals surface area contributed by atoms with Gasteiger partial charge in [-0.15, -0.1) is 25.0 Å². The number of nitrogens with zero attached hydrogens (tertiary/aromatic N) is 2. The van der Waals surface area contributed by atoms with E-state index in [1.165, 1.54) is 0 Å². The first-order valence-electron chi connectivity index (χ1n) is 23.2. The molecule has 4 aromatic rings. The van der Waals surface area contributed by atoms with Gasteiger partial charge in [0.2, 0.25) is 29.5 Å². The zero-order chi connectivity index (χ0) is 47.6. The van der Waals surface area contributed by atoms with Crippen molar-refractivity contribution in [2.24, 2.45) is 0 Å². The van der Waals surface area contributed by atoms with E-state index in [1.54, 1.807) is 37.7 Å². The fourth-order valence-electron chi connectivity index (χ4n) is 9.40. The summed E-state index contributed by atoms with van der Waals surface area (Å²) < 4.78 is 0. The molecule has 4 aromatic carbocycles. The second kappa shape index (κ2) is 22.2. The minimum absolute atomic E-state index is 0.0537. The average Bonchev–Trinajstić information content (AvgIpc) is 4.18. The summed E-state index contributed by atoms with van der Waals surface area (Å²) in [6, 6.07) is 27.7. The number of fused-ring (bicyclic) bond motifs is 6. The Morgan fingerprint density at radius 2 is 1.01 bits per heavy atom. The molecule has 14 nitrogen and oxygen atoms in total. The van der Waals surface area contributed by atoms with Crippen LogP contribution in [0.4, 0.5) is 0 Å². The van der Waals surface area contributed by atoms with Gasteiger partial charge >= 0.3 is 0 Å². The number of amides is 5. The van der Waals surface area contributed by atoms with Crippen LogP contribution in [0.25, 0.3) is 22.3 Å². The highest BCUT2D eigenvalue weighted by atomic mass is 16.7. The van der Waals surface area contributed by atoms with Gasteiger partial charge in [0.1, 0.15) is 18.1 Å². The van der Waals surface area contributed by atoms with Gasteiger partial charge in [-0.05, 0) is 98.1 Å². The fraction of sp³-hybridized carbons (Fsp3) is 0.377. The van der Waals surface area contributed by atoms with E-state index in [4.69, 9.17) is 4.84 Å². The minimum Gasteiger partial charge on any atom is -0.343 e. The molecule has 5 amide bonds. The van der Waals surface area contributed by atoms with Crippen LogP contribution < -0.4 is 32.1 Å². The Bertz CT molecular complexity index is 2430. The molecule has 0 aromatic heterocycles. The van der Waals surface area contributed by atoms with Crippen LogP contribution in [0.15, 0.2) is 110 Å². The second-order valence-electron chi connectivity index (χ2n) is 17.2. The minimum atomic E-state index is -1.08. The predicted molar refractivity (Wildman–Crippen MR) is 258 cm³/mol. The zero-order valence-corrected chi connectivity index (χ0v) is 38.8. The number of likely N-dealkylation sites (tertiary alicyclic amines) is 2. The molecule has 6 atom stereocenters. The lowest BCUT2D eigenvalue weighted by atomic mass is 10.0. The van der Waals surface area contributed by atoms with E-state index in [-0.39, 0.29) is 42.6 Å². The van der Waals surface area contributed by atoms with Gasteiger partial charge in [0.05, 0.1) is 24.2 Å². The number of benzene rings is 4. The van der Waals surface area contributed by atoms with E-state index in [0.717, 1.165) is 44.5 Å². The molecule has 2 heterocycles. The molecule has 0 saturated carbocycles. The van der Waals surface area contributed by atoms with E-state index in [0.29, 0.717) is 38.8 Å². The maximum atomic E-state index is 14.4. The van der Waals surface area contributed by atoms with Crippen molar-refractivity contribution < 1.29 is 28.8 Å². The van der Waals surface area contributed by atoms with Gasteiger partial charge in [-0.3, -0.25) is 28.8 Å². The lowest BCUT2D eigenvalue weighted by molar-refractivity contribution is -0.154. The van der Waals surface area contributed by atoms with Crippen LogP contribution in [0.2, 0.25) is 0 Å². The van der Waals surface area contributed by atoms with Gasteiger partial charge in [-0.1, -0.05) is 97.1 Å². The second-order valence-corrected chi connectivity index (χ2v) is 17.2.